The van der Waals surface area contributed by atoms with Gasteiger partial charge in [0.1, 0.15) is 0 Å². The molecular formula is C21H21NO2. The van der Waals surface area contributed by atoms with Gasteiger partial charge in [-0.3, -0.25) is 4.98 Å². The number of aromatic nitrogens is 1. The number of benzene rings is 2. The molecule has 0 amide bonds. The zero-order valence-corrected chi connectivity index (χ0v) is 13.5. The fraction of sp³-hybridized carbons (Fsp3) is 0.143. The molecular weight excluding hydrogens is 298 g/mol. The van der Waals surface area contributed by atoms with Gasteiger partial charge in [0.25, 0.3) is 0 Å². The first kappa shape index (κ1) is 17.4. The first-order valence-electron chi connectivity index (χ1n) is 7.98. The monoisotopic (exact) mass is 319 g/mol. The molecule has 0 unspecified atom stereocenters. The number of aryl methyl sites for hydroxylation is 2. The molecule has 0 saturated heterocycles. The number of aromatic carboxylic acids is 1. The Hall–Kier alpha value is -2.94. The molecule has 0 spiro atoms. The number of carboxylic acid groups (broad SMARTS) is 1. The predicted octanol–water partition coefficient (Wildman–Crippen LogP) is 4.64. The van der Waals surface area contributed by atoms with E-state index in [-0.39, 0.29) is 0 Å². The van der Waals surface area contributed by atoms with Gasteiger partial charge in [-0.2, -0.15) is 0 Å². The Kier molecular flexibility index (Phi) is 7.22. The summed E-state index contributed by atoms with van der Waals surface area (Å²) in [6.07, 6.45) is 5.23. The molecule has 1 heterocycles. The Morgan fingerprint density at radius 3 is 1.96 bits per heavy atom. The van der Waals surface area contributed by atoms with E-state index >= 15 is 0 Å². The lowest BCUT2D eigenvalue weighted by Crippen LogP contribution is -1.93. The molecule has 0 aliphatic rings. The molecule has 0 aliphatic carbocycles. The van der Waals surface area contributed by atoms with Crippen LogP contribution in [0.3, 0.4) is 0 Å². The van der Waals surface area contributed by atoms with Gasteiger partial charge >= 0.3 is 5.97 Å². The van der Waals surface area contributed by atoms with E-state index in [2.05, 4.69) is 41.4 Å². The van der Waals surface area contributed by atoms with E-state index in [4.69, 9.17) is 5.11 Å². The molecule has 1 aromatic heterocycles. The first-order valence-corrected chi connectivity index (χ1v) is 7.98. The van der Waals surface area contributed by atoms with Gasteiger partial charge in [0, 0.05) is 11.9 Å². The van der Waals surface area contributed by atoms with Crippen LogP contribution in [-0.4, -0.2) is 16.1 Å². The Bertz CT molecular complexity index is 673. The maximum Gasteiger partial charge on any atom is 0.335 e. The highest BCUT2D eigenvalue weighted by molar-refractivity contribution is 5.87. The molecule has 3 aromatic rings. The van der Waals surface area contributed by atoms with Gasteiger partial charge < -0.3 is 5.11 Å². The van der Waals surface area contributed by atoms with Crippen molar-refractivity contribution in [2.75, 3.05) is 0 Å². The third kappa shape index (κ3) is 6.44. The summed E-state index contributed by atoms with van der Waals surface area (Å²) in [4.78, 5) is 14.5. The zero-order chi connectivity index (χ0) is 17.0. The number of hydrogen-bond acceptors (Lipinski definition) is 2. The minimum Gasteiger partial charge on any atom is -0.478 e. The van der Waals surface area contributed by atoms with Crippen molar-refractivity contribution in [2.24, 2.45) is 0 Å². The summed E-state index contributed by atoms with van der Waals surface area (Å²) in [6, 6.07) is 25.0. The van der Waals surface area contributed by atoms with Crippen LogP contribution >= 0.6 is 0 Å². The Morgan fingerprint density at radius 2 is 1.42 bits per heavy atom. The Labute approximate surface area is 142 Å². The fourth-order valence-electron chi connectivity index (χ4n) is 2.25. The Morgan fingerprint density at radius 1 is 0.792 bits per heavy atom. The zero-order valence-electron chi connectivity index (χ0n) is 13.5. The number of pyridine rings is 1. The second kappa shape index (κ2) is 9.95. The molecule has 0 bridgehead atoms. The van der Waals surface area contributed by atoms with E-state index in [0.717, 1.165) is 12.8 Å². The van der Waals surface area contributed by atoms with Crippen LogP contribution in [-0.2, 0) is 12.8 Å². The van der Waals surface area contributed by atoms with Crippen LogP contribution < -0.4 is 0 Å². The minimum absolute atomic E-state index is 0.331. The third-order valence-electron chi connectivity index (χ3n) is 3.49. The van der Waals surface area contributed by atoms with Crippen molar-refractivity contribution in [1.82, 2.24) is 4.98 Å². The lowest BCUT2D eigenvalue weighted by atomic mass is 10.1. The van der Waals surface area contributed by atoms with Crippen molar-refractivity contribution in [3.8, 4) is 0 Å². The number of nitrogens with zero attached hydrogens (tertiary/aromatic N) is 1. The smallest absolute Gasteiger partial charge is 0.335 e. The summed E-state index contributed by atoms with van der Waals surface area (Å²) >= 11 is 0. The number of carboxylic acids is 1. The lowest BCUT2D eigenvalue weighted by molar-refractivity contribution is 0.0697. The summed E-state index contributed by atoms with van der Waals surface area (Å²) in [5.41, 5.74) is 2.93. The number of carbonyl (C=O) groups is 1. The molecule has 122 valence electrons. The third-order valence-corrected chi connectivity index (χ3v) is 3.49. The van der Waals surface area contributed by atoms with E-state index in [0.29, 0.717) is 5.56 Å². The number of rotatable bonds is 5. The molecule has 1 N–H and O–H groups in total. The van der Waals surface area contributed by atoms with E-state index in [1.54, 1.807) is 30.3 Å². The molecule has 0 aliphatic heterocycles. The van der Waals surface area contributed by atoms with Crippen LogP contribution in [0.5, 0.6) is 0 Å². The van der Waals surface area contributed by atoms with Crippen molar-refractivity contribution in [2.45, 2.75) is 19.3 Å². The molecule has 0 saturated carbocycles. The lowest BCUT2D eigenvalue weighted by Gasteiger charge is -2.00. The van der Waals surface area contributed by atoms with Crippen LogP contribution in [0.2, 0.25) is 0 Å². The van der Waals surface area contributed by atoms with Gasteiger partial charge in [-0.15, -0.1) is 0 Å². The van der Waals surface area contributed by atoms with Crippen molar-refractivity contribution in [3.63, 3.8) is 0 Å². The van der Waals surface area contributed by atoms with Gasteiger partial charge in [-0.25, -0.2) is 4.79 Å². The normalized spacial score (nSPS) is 9.67. The molecule has 2 aromatic carbocycles. The molecule has 0 fully saturated rings. The highest BCUT2D eigenvalue weighted by Gasteiger charge is 1.96. The van der Waals surface area contributed by atoms with Gasteiger partial charge in [0.05, 0.1) is 5.56 Å². The van der Waals surface area contributed by atoms with Gasteiger partial charge in [0.15, 0.2) is 0 Å². The SMILES string of the molecule is O=C(O)c1ccccc1.c1ccc(CCCc2ccccn2)cc1. The van der Waals surface area contributed by atoms with E-state index in [1.165, 1.54) is 17.7 Å². The number of hydrogen-bond donors (Lipinski definition) is 1. The van der Waals surface area contributed by atoms with Gasteiger partial charge in [-0.1, -0.05) is 54.6 Å². The maximum atomic E-state index is 10.2. The fourth-order valence-corrected chi connectivity index (χ4v) is 2.25. The first-order chi connectivity index (χ1) is 11.8. The van der Waals surface area contributed by atoms with Crippen LogP contribution in [0.4, 0.5) is 0 Å². The second-order valence-corrected chi connectivity index (χ2v) is 5.33. The highest BCUT2D eigenvalue weighted by atomic mass is 16.4. The van der Waals surface area contributed by atoms with E-state index in [1.807, 2.05) is 18.3 Å². The summed E-state index contributed by atoms with van der Waals surface area (Å²) in [7, 11) is 0. The van der Waals surface area contributed by atoms with Crippen molar-refractivity contribution >= 4 is 5.97 Å². The summed E-state index contributed by atoms with van der Waals surface area (Å²) in [6.45, 7) is 0. The highest BCUT2D eigenvalue weighted by Crippen LogP contribution is 2.05. The molecule has 3 rings (SSSR count). The van der Waals surface area contributed by atoms with E-state index < -0.39 is 5.97 Å². The predicted molar refractivity (Wildman–Crippen MR) is 96.1 cm³/mol. The minimum atomic E-state index is -0.879. The molecule has 3 nitrogen and oxygen atoms in total. The van der Waals surface area contributed by atoms with Crippen LogP contribution in [0, 0.1) is 0 Å². The average molecular weight is 319 g/mol. The van der Waals surface area contributed by atoms with Gasteiger partial charge in [0.2, 0.25) is 0 Å². The van der Waals surface area contributed by atoms with Crippen LogP contribution in [0.15, 0.2) is 85.1 Å². The summed E-state index contributed by atoms with van der Waals surface area (Å²) in [5.74, 6) is -0.879. The van der Waals surface area contributed by atoms with Crippen molar-refractivity contribution < 1.29 is 9.90 Å². The summed E-state index contributed by atoms with van der Waals surface area (Å²) < 4.78 is 0. The topological polar surface area (TPSA) is 50.2 Å². The van der Waals surface area contributed by atoms with Crippen molar-refractivity contribution in [3.05, 3.63) is 102 Å². The van der Waals surface area contributed by atoms with Gasteiger partial charge in [-0.05, 0) is 49.1 Å². The quantitative estimate of drug-likeness (QED) is 0.745. The largest absolute Gasteiger partial charge is 0.478 e. The standard InChI is InChI=1S/C14H15N.C7H6O2/c1-2-7-13(8-3-1)9-6-11-14-10-4-5-12-15-14;8-7(9)6-4-2-1-3-5-6/h1-5,7-8,10,12H,6,9,11H2;1-5H,(H,8,9). The second-order valence-electron chi connectivity index (χ2n) is 5.33. The molecule has 0 atom stereocenters. The molecule has 24 heavy (non-hydrogen) atoms. The molecule has 0 radical (unpaired) electrons. The Balaban J connectivity index is 0.000000198. The average Bonchev–Trinajstić information content (AvgIpc) is 2.65. The maximum absolute atomic E-state index is 10.2. The molecule has 3 heteroatoms. The van der Waals surface area contributed by atoms with E-state index in [9.17, 15) is 4.79 Å². The van der Waals surface area contributed by atoms with Crippen LogP contribution in [0.25, 0.3) is 0 Å². The van der Waals surface area contributed by atoms with Crippen molar-refractivity contribution in [1.29, 1.82) is 0 Å². The van der Waals surface area contributed by atoms with Crippen LogP contribution in [0.1, 0.15) is 28.0 Å². The summed E-state index contributed by atoms with van der Waals surface area (Å²) in [5, 5.41) is 8.38.